The van der Waals surface area contributed by atoms with Crippen LogP contribution < -0.4 is 4.74 Å². The molecule has 3 atom stereocenters. The molecule has 2 aromatic rings. The van der Waals surface area contributed by atoms with Gasteiger partial charge in [0.2, 0.25) is 0 Å². The van der Waals surface area contributed by atoms with E-state index in [9.17, 15) is 0 Å². The van der Waals surface area contributed by atoms with Crippen molar-refractivity contribution in [3.63, 3.8) is 0 Å². The second-order valence-corrected chi connectivity index (χ2v) is 29.4. The summed E-state index contributed by atoms with van der Waals surface area (Å²) in [6.07, 6.45) is 3.66. The zero-order chi connectivity index (χ0) is 92.0. The lowest BCUT2D eigenvalue weighted by Crippen LogP contribution is -2.29. The van der Waals surface area contributed by atoms with Crippen molar-refractivity contribution >= 4 is 0 Å². The monoisotopic (exact) mass is 1880 g/mol. The maximum Gasteiger partial charge on any atom is 0.127 e. The highest BCUT2D eigenvalue weighted by atomic mass is 16.6. The van der Waals surface area contributed by atoms with Gasteiger partial charge in [0.1, 0.15) is 5.75 Å². The van der Waals surface area contributed by atoms with Gasteiger partial charge in [-0.05, 0) is 67.9 Å². The van der Waals surface area contributed by atoms with Crippen molar-refractivity contribution in [2.45, 2.75) is 63.6 Å². The molecule has 2 aromatic carbocycles. The molecule has 37 nitrogen and oxygen atoms in total. The Morgan fingerprint density at radius 1 is 0.200 bits per heavy atom. The highest BCUT2D eigenvalue weighted by molar-refractivity contribution is 5.86. The molecule has 130 heavy (non-hydrogen) atoms. The second-order valence-electron chi connectivity index (χ2n) is 29.4. The van der Waals surface area contributed by atoms with E-state index in [4.69, 9.17) is 175 Å². The zero-order valence-electron chi connectivity index (χ0n) is 79.8. The Bertz CT molecular complexity index is 2650. The predicted molar refractivity (Wildman–Crippen MR) is 481 cm³/mol. The van der Waals surface area contributed by atoms with Crippen molar-refractivity contribution in [3.8, 4) is 16.9 Å². The van der Waals surface area contributed by atoms with Crippen LogP contribution in [0.2, 0.25) is 0 Å². The minimum atomic E-state index is -0.390. The van der Waals surface area contributed by atoms with Crippen LogP contribution in [-0.4, -0.2) is 483 Å². The number of aryl methyl sites for hydroxylation is 2. The van der Waals surface area contributed by atoms with Gasteiger partial charge in [0.05, 0.1) is 442 Å². The van der Waals surface area contributed by atoms with Gasteiger partial charge in [-0.3, -0.25) is 0 Å². The van der Waals surface area contributed by atoms with Crippen LogP contribution in [0.5, 0.6) is 5.75 Å². The summed E-state index contributed by atoms with van der Waals surface area (Å²) in [5.74, 6) is 0.860. The Kier molecular flexibility index (Phi) is 85.6. The molecule has 0 amide bonds. The summed E-state index contributed by atoms with van der Waals surface area (Å²) >= 11 is 0. The van der Waals surface area contributed by atoms with Crippen molar-refractivity contribution < 1.29 is 175 Å². The van der Waals surface area contributed by atoms with Crippen LogP contribution in [-0.2, 0) is 176 Å². The third-order valence-electron chi connectivity index (χ3n) is 19.2. The van der Waals surface area contributed by atoms with Gasteiger partial charge in [0.25, 0.3) is 0 Å². The van der Waals surface area contributed by atoms with Crippen LogP contribution in [0, 0.1) is 13.8 Å². The van der Waals surface area contributed by atoms with Crippen molar-refractivity contribution in [2.75, 3.05) is 471 Å². The van der Waals surface area contributed by atoms with Crippen molar-refractivity contribution in [1.82, 2.24) is 0 Å². The van der Waals surface area contributed by atoms with Crippen LogP contribution in [0.25, 0.3) is 11.1 Å². The van der Waals surface area contributed by atoms with Gasteiger partial charge in [-0.2, -0.15) is 0 Å². The van der Waals surface area contributed by atoms with Gasteiger partial charge in [-0.1, -0.05) is 29.8 Å². The topological polar surface area (TPSA) is 342 Å². The maximum absolute atomic E-state index is 6.78. The summed E-state index contributed by atoms with van der Waals surface area (Å²) in [7, 11) is 5.00. The molecule has 1 fully saturated rings. The first-order valence-electron chi connectivity index (χ1n) is 47.0. The quantitative estimate of drug-likeness (QED) is 0.0671. The van der Waals surface area contributed by atoms with Gasteiger partial charge in [0, 0.05) is 58.5 Å². The van der Waals surface area contributed by atoms with E-state index in [2.05, 4.69) is 44.2 Å². The fourth-order valence-electron chi connectivity index (χ4n) is 12.8. The molecule has 0 bridgehead atoms. The smallest absolute Gasteiger partial charge is 0.127 e. The van der Waals surface area contributed by atoms with Crippen LogP contribution in [0.15, 0.2) is 30.3 Å². The third kappa shape index (κ3) is 68.7. The third-order valence-corrected chi connectivity index (χ3v) is 19.2. The van der Waals surface area contributed by atoms with Crippen molar-refractivity contribution in [1.29, 1.82) is 0 Å². The van der Waals surface area contributed by atoms with Crippen LogP contribution in [0.3, 0.4) is 0 Å². The minimum Gasteiger partial charge on any atom is -0.493 e. The maximum atomic E-state index is 6.78. The number of methoxy groups -OCH3 is 3. The van der Waals surface area contributed by atoms with E-state index < -0.39 is 5.41 Å². The molecule has 0 N–H and O–H groups in total. The fraction of sp³-hybridized carbons (Fsp3) is 0.871. The lowest BCUT2D eigenvalue weighted by atomic mass is 9.76. The molecule has 4 rings (SSSR count). The SMILES string of the molecule is COCCCCOCCOCCOCCOCCOCCOCCOCCOCCOCCOCCOC1CC2(CC1OCCOCCOCCOCCOCCOCCOCCOCCOCCOCCOCCOC)c1cc(C)ccc1-c1c(OCCCOCCOCCOCCOCCOCCOCCOCCOCCOCCOCCOCCOC)cc(C)cc12. The van der Waals surface area contributed by atoms with E-state index in [-0.39, 0.29) is 12.2 Å². The minimum absolute atomic E-state index is 0.233. The first-order chi connectivity index (χ1) is 64.5. The zero-order valence-corrected chi connectivity index (χ0v) is 79.8. The largest absolute Gasteiger partial charge is 0.493 e. The molecule has 0 saturated heterocycles. The molecular weight excluding hydrogens is 1710 g/mol. The Morgan fingerprint density at radius 2 is 0.400 bits per heavy atom. The molecule has 0 heterocycles. The molecule has 37 heteroatoms. The number of hydrogen-bond donors (Lipinski definition) is 0. The molecule has 3 unspecified atom stereocenters. The van der Waals surface area contributed by atoms with Crippen LogP contribution >= 0.6 is 0 Å². The molecule has 1 saturated carbocycles. The molecule has 2 aliphatic carbocycles. The average molecular weight is 1880 g/mol. The number of rotatable bonds is 108. The molecular formula is C93H168O37. The standard InChI is InChI=1S/C93H168O37/c1-84-9-10-86-87(79-84)93(88-80-85(2)81-89(92(86)88)128-14-8-13-98-20-22-102-28-30-106-36-38-110-44-46-114-52-53-117-57-55-115-49-47-111-41-39-107-33-31-103-25-23-99-17-15-95-4)82-90(129-77-75-126-73-71-124-69-67-122-65-63-120-61-59-118-54-51-113-45-43-109-37-35-105-29-27-101-21-19-97-12-7-6-11-94-3)91(83-93)130-78-76-127-74-72-125-70-68-123-66-64-121-62-60-119-58-56-116-50-48-112-42-40-108-34-32-104-26-24-100-18-16-96-5/h9-10,79-81,90-91H,6-8,11-78,82-83H2,1-5H3. The number of fused-ring (bicyclic) bond motifs is 5. The van der Waals surface area contributed by atoms with E-state index in [1.54, 1.807) is 21.3 Å². The highest BCUT2D eigenvalue weighted by Crippen LogP contribution is 2.60. The Hall–Kier alpha value is -3.20. The lowest BCUT2D eigenvalue weighted by Gasteiger charge is -2.28. The van der Waals surface area contributed by atoms with Crippen LogP contribution in [0.4, 0.5) is 0 Å². The Labute approximate surface area is 775 Å². The number of benzene rings is 2. The number of unbranched alkanes of at least 4 members (excludes halogenated alkanes) is 1. The van der Waals surface area contributed by atoms with Gasteiger partial charge >= 0.3 is 0 Å². The first-order valence-corrected chi connectivity index (χ1v) is 47.0. The molecule has 0 aliphatic heterocycles. The van der Waals surface area contributed by atoms with Gasteiger partial charge in [-0.25, -0.2) is 0 Å². The Morgan fingerprint density at radius 3 is 0.638 bits per heavy atom. The Balaban J connectivity index is 1.05. The molecule has 2 aliphatic rings. The fourth-order valence-corrected chi connectivity index (χ4v) is 12.8. The van der Waals surface area contributed by atoms with Gasteiger partial charge in [0.15, 0.2) is 0 Å². The molecule has 0 aromatic heterocycles. The summed E-state index contributed by atoms with van der Waals surface area (Å²) in [5, 5.41) is 0. The lowest BCUT2D eigenvalue weighted by molar-refractivity contribution is -0.0838. The second kappa shape index (κ2) is 93.4. The summed E-state index contributed by atoms with van der Waals surface area (Å²) in [6, 6.07) is 11.2. The summed E-state index contributed by atoms with van der Waals surface area (Å²) in [6.45, 7) is 37.6. The van der Waals surface area contributed by atoms with Crippen molar-refractivity contribution in [3.05, 3.63) is 52.6 Å². The number of ether oxygens (including phenoxy) is 37. The number of hydrogen-bond acceptors (Lipinski definition) is 37. The molecule has 0 radical (unpaired) electrons. The van der Waals surface area contributed by atoms with Gasteiger partial charge < -0.3 is 175 Å². The van der Waals surface area contributed by atoms with Gasteiger partial charge in [-0.15, -0.1) is 0 Å². The summed E-state index contributed by atoms with van der Waals surface area (Å²) in [5.41, 5.74) is 6.69. The predicted octanol–water partition coefficient (Wildman–Crippen LogP) is 6.14. The molecule has 762 valence electrons. The average Bonchev–Trinajstić information content (AvgIpc) is 1.54. The van der Waals surface area contributed by atoms with E-state index in [1.165, 1.54) is 22.3 Å². The summed E-state index contributed by atoms with van der Waals surface area (Å²) in [4.78, 5) is 0. The van der Waals surface area contributed by atoms with E-state index in [0.29, 0.717) is 455 Å². The van der Waals surface area contributed by atoms with E-state index >= 15 is 0 Å². The van der Waals surface area contributed by atoms with Crippen LogP contribution in [0.1, 0.15) is 54.4 Å². The van der Waals surface area contributed by atoms with Crippen molar-refractivity contribution in [2.24, 2.45) is 0 Å². The first kappa shape index (κ1) is 119. The van der Waals surface area contributed by atoms with E-state index in [1.807, 2.05) is 0 Å². The molecule has 1 spiro atoms. The highest BCUT2D eigenvalue weighted by Gasteiger charge is 2.54. The summed E-state index contributed by atoms with van der Waals surface area (Å²) < 4.78 is 210. The normalized spacial score (nSPS) is 14.8. The van der Waals surface area contributed by atoms with E-state index in [0.717, 1.165) is 42.9 Å².